The normalized spacial score (nSPS) is 23.9. The van der Waals surface area contributed by atoms with Gasteiger partial charge in [-0.1, -0.05) is 60.7 Å². The predicted molar refractivity (Wildman–Crippen MR) is 98.7 cm³/mol. The molecule has 4 nitrogen and oxygen atoms in total. The molecule has 0 aliphatic carbocycles. The summed E-state index contributed by atoms with van der Waals surface area (Å²) in [6.07, 6.45) is 2.22. The van der Waals surface area contributed by atoms with E-state index in [0.29, 0.717) is 6.61 Å². The summed E-state index contributed by atoms with van der Waals surface area (Å²) in [6.45, 7) is 2.13. The van der Waals surface area contributed by atoms with Crippen LogP contribution in [0.25, 0.3) is 0 Å². The molecule has 4 heteroatoms. The third-order valence-corrected chi connectivity index (χ3v) is 4.86. The van der Waals surface area contributed by atoms with Gasteiger partial charge in [0.1, 0.15) is 18.5 Å². The van der Waals surface area contributed by atoms with Crippen molar-refractivity contribution in [3.63, 3.8) is 0 Å². The van der Waals surface area contributed by atoms with Gasteiger partial charge in [0.05, 0.1) is 12.1 Å². The van der Waals surface area contributed by atoms with E-state index in [1.165, 1.54) is 11.1 Å². The van der Waals surface area contributed by atoms with Crippen LogP contribution in [0.1, 0.15) is 36.1 Å². The van der Waals surface area contributed by atoms with Gasteiger partial charge in [0, 0.05) is 13.2 Å². The summed E-state index contributed by atoms with van der Waals surface area (Å²) in [5.41, 5.74) is 2.48. The van der Waals surface area contributed by atoms with E-state index in [9.17, 15) is 0 Å². The van der Waals surface area contributed by atoms with Crippen LogP contribution in [-0.4, -0.2) is 31.8 Å². The average molecular weight is 336 g/mol. The highest BCUT2D eigenvalue weighted by Gasteiger charge is 2.31. The van der Waals surface area contributed by atoms with Crippen LogP contribution in [0, 0.1) is 0 Å². The topological polar surface area (TPSA) is 42.9 Å². The Morgan fingerprint density at radius 2 is 1.56 bits per heavy atom. The molecule has 0 saturated carbocycles. The minimum absolute atomic E-state index is 0.0805. The second-order valence-electron chi connectivity index (χ2n) is 6.59. The SMILES string of the molecule is c1ccc([C@H]2N=C(COC3CCOCC3)N[C@H]2c2ccccc2)cc1. The van der Waals surface area contributed by atoms with Crippen LogP contribution in [0.2, 0.25) is 0 Å². The highest BCUT2D eigenvalue weighted by Crippen LogP contribution is 2.35. The fourth-order valence-electron chi connectivity index (χ4n) is 3.50. The van der Waals surface area contributed by atoms with E-state index < -0.39 is 0 Å². The Bertz CT molecular complexity index is 696. The highest BCUT2D eigenvalue weighted by molar-refractivity contribution is 5.86. The summed E-state index contributed by atoms with van der Waals surface area (Å²) in [4.78, 5) is 4.95. The van der Waals surface area contributed by atoms with Gasteiger partial charge in [0.2, 0.25) is 0 Å². The summed E-state index contributed by atoms with van der Waals surface area (Å²) >= 11 is 0. The number of rotatable bonds is 5. The Hall–Kier alpha value is -2.17. The molecule has 2 aliphatic rings. The van der Waals surface area contributed by atoms with Crippen molar-refractivity contribution >= 4 is 5.84 Å². The molecule has 0 radical (unpaired) electrons. The molecule has 2 aliphatic heterocycles. The summed E-state index contributed by atoms with van der Waals surface area (Å²) < 4.78 is 11.5. The van der Waals surface area contributed by atoms with Gasteiger partial charge in [0.15, 0.2) is 0 Å². The quantitative estimate of drug-likeness (QED) is 0.906. The first-order chi connectivity index (χ1) is 12.4. The summed E-state index contributed by atoms with van der Waals surface area (Å²) in [6, 6.07) is 21.2. The molecule has 2 aromatic carbocycles. The highest BCUT2D eigenvalue weighted by atomic mass is 16.5. The van der Waals surface area contributed by atoms with Gasteiger partial charge in [-0.25, -0.2) is 0 Å². The first kappa shape index (κ1) is 16.3. The fraction of sp³-hybridized carbons (Fsp3) is 0.381. The largest absolute Gasteiger partial charge is 0.381 e. The fourth-order valence-corrected chi connectivity index (χ4v) is 3.50. The lowest BCUT2D eigenvalue weighted by molar-refractivity contribution is -0.0194. The van der Waals surface area contributed by atoms with Gasteiger partial charge in [0.25, 0.3) is 0 Å². The zero-order chi connectivity index (χ0) is 16.9. The third-order valence-electron chi connectivity index (χ3n) is 4.86. The van der Waals surface area contributed by atoms with E-state index in [2.05, 4.69) is 53.8 Å². The van der Waals surface area contributed by atoms with Crippen molar-refractivity contribution in [2.45, 2.75) is 31.0 Å². The Morgan fingerprint density at radius 3 is 2.24 bits per heavy atom. The molecule has 1 N–H and O–H groups in total. The first-order valence-corrected chi connectivity index (χ1v) is 9.02. The summed E-state index contributed by atoms with van der Waals surface area (Å²) in [5, 5.41) is 3.59. The minimum Gasteiger partial charge on any atom is -0.381 e. The molecule has 130 valence electrons. The molecule has 1 saturated heterocycles. The van der Waals surface area contributed by atoms with Crippen molar-refractivity contribution in [1.29, 1.82) is 0 Å². The van der Waals surface area contributed by atoms with Crippen molar-refractivity contribution in [3.05, 3.63) is 71.8 Å². The maximum atomic E-state index is 6.06. The summed E-state index contributed by atoms with van der Waals surface area (Å²) in [7, 11) is 0. The first-order valence-electron chi connectivity index (χ1n) is 9.02. The van der Waals surface area contributed by atoms with Crippen LogP contribution in [-0.2, 0) is 9.47 Å². The number of benzene rings is 2. The lowest BCUT2D eigenvalue weighted by Crippen LogP contribution is -2.31. The van der Waals surface area contributed by atoms with Crippen LogP contribution < -0.4 is 5.32 Å². The zero-order valence-corrected chi connectivity index (χ0v) is 14.3. The van der Waals surface area contributed by atoms with Gasteiger partial charge in [-0.05, 0) is 24.0 Å². The maximum absolute atomic E-state index is 6.06. The number of nitrogens with one attached hydrogen (secondary N) is 1. The van der Waals surface area contributed by atoms with Gasteiger partial charge in [-0.15, -0.1) is 0 Å². The monoisotopic (exact) mass is 336 g/mol. The van der Waals surface area contributed by atoms with Gasteiger partial charge in [-0.2, -0.15) is 0 Å². The lowest BCUT2D eigenvalue weighted by atomic mass is 9.95. The molecule has 0 aromatic heterocycles. The number of amidine groups is 1. The molecule has 25 heavy (non-hydrogen) atoms. The van der Waals surface area contributed by atoms with E-state index in [4.69, 9.17) is 14.5 Å². The van der Waals surface area contributed by atoms with Crippen molar-refractivity contribution in [3.8, 4) is 0 Å². The van der Waals surface area contributed by atoms with Gasteiger partial charge >= 0.3 is 0 Å². The van der Waals surface area contributed by atoms with Crippen LogP contribution in [0.4, 0.5) is 0 Å². The number of ether oxygens (including phenoxy) is 2. The molecule has 2 heterocycles. The number of hydrogen-bond donors (Lipinski definition) is 1. The van der Waals surface area contributed by atoms with Gasteiger partial charge < -0.3 is 14.8 Å². The molecule has 2 aromatic rings. The van der Waals surface area contributed by atoms with E-state index in [0.717, 1.165) is 31.9 Å². The van der Waals surface area contributed by atoms with Crippen molar-refractivity contribution in [2.24, 2.45) is 4.99 Å². The van der Waals surface area contributed by atoms with Crippen molar-refractivity contribution in [1.82, 2.24) is 5.32 Å². The predicted octanol–water partition coefficient (Wildman–Crippen LogP) is 3.67. The Labute approximate surface area is 148 Å². The second-order valence-corrected chi connectivity index (χ2v) is 6.59. The molecular weight excluding hydrogens is 312 g/mol. The van der Waals surface area contributed by atoms with Crippen LogP contribution in [0.15, 0.2) is 65.7 Å². The van der Waals surface area contributed by atoms with Crippen molar-refractivity contribution in [2.75, 3.05) is 19.8 Å². The molecule has 0 unspecified atom stereocenters. The van der Waals surface area contributed by atoms with E-state index in [1.54, 1.807) is 0 Å². The number of aliphatic imine (C=N–C) groups is 1. The Balaban J connectivity index is 1.50. The minimum atomic E-state index is 0.0805. The number of nitrogens with zero attached hydrogens (tertiary/aromatic N) is 1. The molecule has 0 bridgehead atoms. The van der Waals surface area contributed by atoms with Crippen molar-refractivity contribution < 1.29 is 9.47 Å². The third kappa shape index (κ3) is 3.91. The molecular formula is C21H24N2O2. The number of hydrogen-bond acceptors (Lipinski definition) is 4. The Morgan fingerprint density at radius 1 is 0.920 bits per heavy atom. The molecule has 4 rings (SSSR count). The van der Waals surface area contributed by atoms with Crippen LogP contribution >= 0.6 is 0 Å². The van der Waals surface area contributed by atoms with E-state index >= 15 is 0 Å². The smallest absolute Gasteiger partial charge is 0.124 e. The van der Waals surface area contributed by atoms with E-state index in [-0.39, 0.29) is 18.2 Å². The zero-order valence-electron chi connectivity index (χ0n) is 14.3. The molecule has 0 spiro atoms. The molecule has 0 amide bonds. The lowest BCUT2D eigenvalue weighted by Gasteiger charge is -2.23. The second kappa shape index (κ2) is 7.81. The van der Waals surface area contributed by atoms with Crippen LogP contribution in [0.5, 0.6) is 0 Å². The standard InChI is InChI=1S/C21H24N2O2/c1-3-7-16(8-4-1)20-21(17-9-5-2-6-10-17)23-19(22-20)15-25-18-11-13-24-14-12-18/h1-10,18,20-21H,11-15H2,(H,22,23)/t20-,21+. The van der Waals surface area contributed by atoms with Gasteiger partial charge in [-0.3, -0.25) is 4.99 Å². The average Bonchev–Trinajstić information content (AvgIpc) is 3.13. The molecule has 1 fully saturated rings. The molecule has 2 atom stereocenters. The van der Waals surface area contributed by atoms with E-state index in [1.807, 2.05) is 12.1 Å². The maximum Gasteiger partial charge on any atom is 0.124 e. The summed E-state index contributed by atoms with van der Waals surface area (Å²) in [5.74, 6) is 0.939. The van der Waals surface area contributed by atoms with Crippen LogP contribution in [0.3, 0.4) is 0 Å². The Kier molecular flexibility index (Phi) is 5.09.